The molecule has 1 aromatic heterocycles. The summed E-state index contributed by atoms with van der Waals surface area (Å²) in [6, 6.07) is 22.4. The predicted octanol–water partition coefficient (Wildman–Crippen LogP) is 5.81. The molecule has 0 saturated heterocycles. The minimum Gasteiger partial charge on any atom is -0.350 e. The predicted molar refractivity (Wildman–Crippen MR) is 128 cm³/mol. The maximum Gasteiger partial charge on any atom is 0.281 e. The van der Waals surface area contributed by atoms with Gasteiger partial charge in [0.1, 0.15) is 0 Å². The van der Waals surface area contributed by atoms with Gasteiger partial charge >= 0.3 is 0 Å². The molecule has 3 aromatic carbocycles. The van der Waals surface area contributed by atoms with Crippen LogP contribution in [0.2, 0.25) is 10.0 Å². The quantitative estimate of drug-likeness (QED) is 0.360. The maximum absolute atomic E-state index is 13.2. The average Bonchev–Trinajstić information content (AvgIpc) is 3.19. The fraction of sp³-hybridized carbons (Fsp3) is 0.125. The third kappa shape index (κ3) is 5.28. The fourth-order valence-electron chi connectivity index (χ4n) is 3.23. The smallest absolute Gasteiger partial charge is 0.281 e. The molecule has 4 aromatic rings. The topological polar surface area (TPSA) is 71.8 Å². The first-order valence-electron chi connectivity index (χ1n) is 10.0. The molecule has 2 N–H and O–H groups in total. The number of nitrogens with zero attached hydrogens (tertiary/aromatic N) is 3. The van der Waals surface area contributed by atoms with Crippen molar-refractivity contribution >= 4 is 41.0 Å². The van der Waals surface area contributed by atoms with Crippen molar-refractivity contribution in [1.82, 2.24) is 14.8 Å². The molecule has 32 heavy (non-hydrogen) atoms. The SMILES string of the molecule is Cc1ccccc1C(=O)n1nc(NCc2cccc(Cl)c2)nc1NCc1cccc(Cl)c1. The summed E-state index contributed by atoms with van der Waals surface area (Å²) >= 11 is 12.1. The van der Waals surface area contributed by atoms with E-state index in [0.717, 1.165) is 16.7 Å². The zero-order valence-electron chi connectivity index (χ0n) is 17.3. The Morgan fingerprint density at radius 1 is 0.875 bits per heavy atom. The summed E-state index contributed by atoms with van der Waals surface area (Å²) < 4.78 is 1.28. The summed E-state index contributed by atoms with van der Waals surface area (Å²) in [5.74, 6) is 0.410. The van der Waals surface area contributed by atoms with Gasteiger partial charge in [-0.25, -0.2) is 0 Å². The van der Waals surface area contributed by atoms with E-state index in [9.17, 15) is 4.79 Å². The lowest BCUT2D eigenvalue weighted by atomic mass is 10.1. The zero-order chi connectivity index (χ0) is 22.5. The van der Waals surface area contributed by atoms with Gasteiger partial charge in [-0.15, -0.1) is 5.10 Å². The lowest BCUT2D eigenvalue weighted by Gasteiger charge is -2.09. The minimum absolute atomic E-state index is 0.264. The Bertz CT molecular complexity index is 1250. The molecule has 0 aliphatic rings. The zero-order valence-corrected chi connectivity index (χ0v) is 18.9. The van der Waals surface area contributed by atoms with Gasteiger partial charge in [-0.3, -0.25) is 4.79 Å². The van der Waals surface area contributed by atoms with Crippen LogP contribution < -0.4 is 10.6 Å². The van der Waals surface area contributed by atoms with Crippen molar-refractivity contribution in [1.29, 1.82) is 0 Å². The Hall–Kier alpha value is -3.35. The van der Waals surface area contributed by atoms with Crippen molar-refractivity contribution in [3.05, 3.63) is 105 Å². The van der Waals surface area contributed by atoms with E-state index in [1.807, 2.05) is 73.7 Å². The summed E-state index contributed by atoms with van der Waals surface area (Å²) in [7, 11) is 0. The molecule has 0 saturated carbocycles. The van der Waals surface area contributed by atoms with E-state index in [-0.39, 0.29) is 5.91 Å². The summed E-state index contributed by atoms with van der Waals surface area (Å²) in [5.41, 5.74) is 3.36. The molecule has 0 aliphatic heterocycles. The summed E-state index contributed by atoms with van der Waals surface area (Å²) in [5, 5.41) is 12.1. The van der Waals surface area contributed by atoms with Gasteiger partial charge < -0.3 is 10.6 Å². The first-order chi connectivity index (χ1) is 15.5. The highest BCUT2D eigenvalue weighted by Crippen LogP contribution is 2.18. The van der Waals surface area contributed by atoms with Crippen LogP contribution in [0, 0.1) is 6.92 Å². The molecule has 0 bridgehead atoms. The molecule has 0 aliphatic carbocycles. The minimum atomic E-state index is -0.264. The molecule has 0 fully saturated rings. The van der Waals surface area contributed by atoms with E-state index < -0.39 is 0 Å². The lowest BCUT2D eigenvalue weighted by molar-refractivity contribution is 0.0947. The Kier molecular flexibility index (Phi) is 6.73. The number of benzene rings is 3. The molecule has 0 atom stereocenters. The molecule has 162 valence electrons. The summed E-state index contributed by atoms with van der Waals surface area (Å²) in [6.45, 7) is 2.80. The maximum atomic E-state index is 13.2. The van der Waals surface area contributed by atoms with Crippen molar-refractivity contribution in [2.45, 2.75) is 20.0 Å². The van der Waals surface area contributed by atoms with E-state index in [1.54, 1.807) is 6.07 Å². The fourth-order valence-corrected chi connectivity index (χ4v) is 3.65. The summed E-state index contributed by atoms with van der Waals surface area (Å²) in [4.78, 5) is 17.7. The van der Waals surface area contributed by atoms with Gasteiger partial charge in [0.15, 0.2) is 0 Å². The third-order valence-electron chi connectivity index (χ3n) is 4.85. The number of carbonyl (C=O) groups is 1. The van der Waals surface area contributed by atoms with Crippen LogP contribution in [0.5, 0.6) is 0 Å². The average molecular weight is 466 g/mol. The van der Waals surface area contributed by atoms with E-state index in [2.05, 4.69) is 20.7 Å². The molecule has 0 spiro atoms. The highest BCUT2D eigenvalue weighted by molar-refractivity contribution is 6.30. The van der Waals surface area contributed by atoms with Crippen LogP contribution in [0.4, 0.5) is 11.9 Å². The van der Waals surface area contributed by atoms with Crippen LogP contribution in [0.15, 0.2) is 72.8 Å². The second-order valence-electron chi connectivity index (χ2n) is 7.26. The van der Waals surface area contributed by atoms with E-state index in [0.29, 0.717) is 40.6 Å². The molecule has 4 rings (SSSR count). The number of aryl methyl sites for hydroxylation is 1. The van der Waals surface area contributed by atoms with Crippen LogP contribution >= 0.6 is 23.2 Å². The number of halogens is 2. The lowest BCUT2D eigenvalue weighted by Crippen LogP contribution is -2.18. The molecule has 6 nitrogen and oxygen atoms in total. The van der Waals surface area contributed by atoms with Gasteiger partial charge in [0.05, 0.1) is 0 Å². The largest absolute Gasteiger partial charge is 0.350 e. The molecular formula is C24H21Cl2N5O. The molecule has 0 radical (unpaired) electrons. The Morgan fingerprint density at radius 3 is 2.12 bits per heavy atom. The van der Waals surface area contributed by atoms with Crippen LogP contribution in [0.25, 0.3) is 0 Å². The van der Waals surface area contributed by atoms with Crippen molar-refractivity contribution in [2.24, 2.45) is 0 Å². The normalized spacial score (nSPS) is 10.7. The first-order valence-corrected chi connectivity index (χ1v) is 10.8. The van der Waals surface area contributed by atoms with E-state index in [1.165, 1.54) is 4.68 Å². The molecular weight excluding hydrogens is 445 g/mol. The second kappa shape index (κ2) is 9.85. The number of anilines is 2. The van der Waals surface area contributed by atoms with Crippen LogP contribution in [-0.2, 0) is 13.1 Å². The third-order valence-corrected chi connectivity index (χ3v) is 5.32. The van der Waals surface area contributed by atoms with Gasteiger partial charge in [-0.05, 0) is 53.9 Å². The van der Waals surface area contributed by atoms with Crippen molar-refractivity contribution in [3.63, 3.8) is 0 Å². The van der Waals surface area contributed by atoms with Gasteiger partial charge in [0, 0.05) is 28.7 Å². The number of hydrogen-bond donors (Lipinski definition) is 2. The van der Waals surface area contributed by atoms with E-state index >= 15 is 0 Å². The van der Waals surface area contributed by atoms with Gasteiger partial charge in [-0.2, -0.15) is 9.67 Å². The monoisotopic (exact) mass is 465 g/mol. The molecule has 8 heteroatoms. The van der Waals surface area contributed by atoms with Crippen molar-refractivity contribution in [3.8, 4) is 0 Å². The Labute approximate surface area is 196 Å². The van der Waals surface area contributed by atoms with Crippen molar-refractivity contribution in [2.75, 3.05) is 10.6 Å². The Balaban J connectivity index is 1.59. The standard InChI is InChI=1S/C24H21Cl2N5O/c1-16-6-2-3-11-21(16)22(32)31-24(28-15-18-8-5-10-20(26)13-18)29-23(30-31)27-14-17-7-4-9-19(25)12-17/h2-13H,14-15H2,1H3,(H2,27,28,29,30). The van der Waals surface area contributed by atoms with Crippen LogP contribution in [0.3, 0.4) is 0 Å². The number of rotatable bonds is 7. The highest BCUT2D eigenvalue weighted by Gasteiger charge is 2.19. The summed E-state index contributed by atoms with van der Waals surface area (Å²) in [6.07, 6.45) is 0. The van der Waals surface area contributed by atoms with Crippen molar-refractivity contribution < 1.29 is 4.79 Å². The van der Waals surface area contributed by atoms with Gasteiger partial charge in [0.2, 0.25) is 11.9 Å². The van der Waals surface area contributed by atoms with Gasteiger partial charge in [-0.1, -0.05) is 65.7 Å². The highest BCUT2D eigenvalue weighted by atomic mass is 35.5. The molecule has 0 amide bonds. The van der Waals surface area contributed by atoms with E-state index in [4.69, 9.17) is 23.2 Å². The molecule has 0 unspecified atom stereocenters. The number of nitrogens with one attached hydrogen (secondary N) is 2. The number of hydrogen-bond acceptors (Lipinski definition) is 5. The van der Waals surface area contributed by atoms with Crippen LogP contribution in [-0.4, -0.2) is 20.7 Å². The number of carbonyl (C=O) groups excluding carboxylic acids is 1. The second-order valence-corrected chi connectivity index (χ2v) is 8.13. The van der Waals surface area contributed by atoms with Crippen LogP contribution in [0.1, 0.15) is 27.0 Å². The molecule has 1 heterocycles. The first kappa shape index (κ1) is 21.9. The number of aromatic nitrogens is 3. The van der Waals surface area contributed by atoms with Gasteiger partial charge in [0.25, 0.3) is 5.91 Å². The Morgan fingerprint density at radius 2 is 1.50 bits per heavy atom.